The molecule has 1 aromatic carbocycles. The summed E-state index contributed by atoms with van der Waals surface area (Å²) in [6.07, 6.45) is 1.83. The Hall–Kier alpha value is -1.64. The fourth-order valence-electron chi connectivity index (χ4n) is 2.00. The summed E-state index contributed by atoms with van der Waals surface area (Å²) in [7, 11) is 0. The van der Waals surface area contributed by atoms with Crippen molar-refractivity contribution >= 4 is 0 Å². The van der Waals surface area contributed by atoms with Crippen LogP contribution in [-0.4, -0.2) is 9.97 Å². The molecular formula is C15H19FN2. The molecule has 0 atom stereocenters. The molecule has 3 heteroatoms. The van der Waals surface area contributed by atoms with Crippen LogP contribution in [0.5, 0.6) is 0 Å². The lowest BCUT2D eigenvalue weighted by Crippen LogP contribution is -1.95. The van der Waals surface area contributed by atoms with Gasteiger partial charge in [0.05, 0.1) is 0 Å². The van der Waals surface area contributed by atoms with Gasteiger partial charge < -0.3 is 4.98 Å². The highest BCUT2D eigenvalue weighted by molar-refractivity contribution is 5.61. The van der Waals surface area contributed by atoms with Crippen LogP contribution in [0.1, 0.15) is 50.8 Å². The van der Waals surface area contributed by atoms with E-state index < -0.39 is 0 Å². The Bertz CT molecular complexity index is 541. The van der Waals surface area contributed by atoms with E-state index in [1.54, 1.807) is 6.07 Å². The molecule has 96 valence electrons. The Labute approximate surface area is 107 Å². The van der Waals surface area contributed by atoms with Gasteiger partial charge in [0.25, 0.3) is 0 Å². The lowest BCUT2D eigenvalue weighted by Gasteiger charge is -2.11. The summed E-state index contributed by atoms with van der Waals surface area (Å²) in [5.41, 5.74) is 3.04. The van der Waals surface area contributed by atoms with Gasteiger partial charge in [-0.25, -0.2) is 9.37 Å². The highest BCUT2D eigenvalue weighted by Gasteiger charge is 2.13. The number of nitrogens with one attached hydrogen (secondary N) is 1. The fraction of sp³-hybridized carbons (Fsp3) is 0.400. The highest BCUT2D eigenvalue weighted by atomic mass is 19.1. The molecule has 0 amide bonds. The van der Waals surface area contributed by atoms with E-state index >= 15 is 0 Å². The Morgan fingerprint density at radius 2 is 1.83 bits per heavy atom. The number of aromatic nitrogens is 2. The van der Waals surface area contributed by atoms with Gasteiger partial charge in [0, 0.05) is 17.5 Å². The van der Waals surface area contributed by atoms with Crippen molar-refractivity contribution in [1.29, 1.82) is 0 Å². The zero-order valence-electron chi connectivity index (χ0n) is 11.3. The average molecular weight is 246 g/mol. The minimum Gasteiger partial charge on any atom is -0.342 e. The number of hydrogen-bond donors (Lipinski definition) is 1. The first-order valence-electron chi connectivity index (χ1n) is 6.33. The van der Waals surface area contributed by atoms with Crippen molar-refractivity contribution in [2.45, 2.75) is 39.5 Å². The van der Waals surface area contributed by atoms with Crippen molar-refractivity contribution < 1.29 is 4.39 Å². The molecule has 2 rings (SSSR count). The zero-order valence-corrected chi connectivity index (χ0v) is 11.3. The van der Waals surface area contributed by atoms with Crippen LogP contribution in [0.4, 0.5) is 4.39 Å². The number of H-pyrrole nitrogens is 1. The molecule has 0 spiro atoms. The van der Waals surface area contributed by atoms with Gasteiger partial charge in [-0.05, 0) is 29.5 Å². The minimum atomic E-state index is -0.225. The quantitative estimate of drug-likeness (QED) is 0.850. The van der Waals surface area contributed by atoms with Crippen molar-refractivity contribution in [2.24, 2.45) is 0 Å². The van der Waals surface area contributed by atoms with Crippen LogP contribution < -0.4 is 0 Å². The Balaban J connectivity index is 2.51. The largest absolute Gasteiger partial charge is 0.342 e. The molecule has 18 heavy (non-hydrogen) atoms. The Morgan fingerprint density at radius 1 is 1.11 bits per heavy atom. The predicted molar refractivity (Wildman–Crippen MR) is 72.2 cm³/mol. The maximum atomic E-state index is 13.4. The Morgan fingerprint density at radius 3 is 2.39 bits per heavy atom. The van der Waals surface area contributed by atoms with E-state index in [1.807, 2.05) is 12.3 Å². The maximum Gasteiger partial charge on any atom is 0.137 e. The van der Waals surface area contributed by atoms with Crippen molar-refractivity contribution in [3.63, 3.8) is 0 Å². The lowest BCUT2D eigenvalue weighted by molar-refractivity contribution is 0.626. The van der Waals surface area contributed by atoms with Gasteiger partial charge in [0.15, 0.2) is 0 Å². The standard InChI is InChI=1S/C15H19FN2/c1-9(2)12-6-5-11(16)7-13(12)15-17-8-14(18-15)10(3)4/h5-10H,1-4H3,(H,17,18). The molecule has 0 fully saturated rings. The highest BCUT2D eigenvalue weighted by Crippen LogP contribution is 2.28. The maximum absolute atomic E-state index is 13.4. The minimum absolute atomic E-state index is 0.225. The molecule has 0 aliphatic rings. The van der Waals surface area contributed by atoms with E-state index in [0.717, 1.165) is 22.6 Å². The first-order chi connectivity index (χ1) is 8.49. The van der Waals surface area contributed by atoms with Gasteiger partial charge in [-0.2, -0.15) is 0 Å². The first kappa shape index (κ1) is 12.8. The summed E-state index contributed by atoms with van der Waals surface area (Å²) in [5, 5.41) is 0. The molecule has 0 unspecified atom stereocenters. The van der Waals surface area contributed by atoms with Crippen molar-refractivity contribution in [3.8, 4) is 11.4 Å². The van der Waals surface area contributed by atoms with Gasteiger partial charge in [0.2, 0.25) is 0 Å². The lowest BCUT2D eigenvalue weighted by atomic mass is 9.97. The van der Waals surface area contributed by atoms with Gasteiger partial charge in [-0.3, -0.25) is 0 Å². The molecule has 1 N–H and O–H groups in total. The third-order valence-electron chi connectivity index (χ3n) is 3.11. The predicted octanol–water partition coefficient (Wildman–Crippen LogP) is 4.46. The van der Waals surface area contributed by atoms with E-state index in [1.165, 1.54) is 6.07 Å². The average Bonchev–Trinajstić information content (AvgIpc) is 2.77. The number of imidazole rings is 1. The van der Waals surface area contributed by atoms with Crippen LogP contribution in [0.25, 0.3) is 11.4 Å². The monoisotopic (exact) mass is 246 g/mol. The normalized spacial score (nSPS) is 11.5. The van der Waals surface area contributed by atoms with E-state index in [0.29, 0.717) is 11.8 Å². The number of benzene rings is 1. The summed E-state index contributed by atoms with van der Waals surface area (Å²) in [5.74, 6) is 1.26. The van der Waals surface area contributed by atoms with Crippen LogP contribution in [-0.2, 0) is 0 Å². The third kappa shape index (κ3) is 2.45. The zero-order chi connectivity index (χ0) is 13.3. The number of rotatable bonds is 3. The summed E-state index contributed by atoms with van der Waals surface area (Å²) in [6, 6.07) is 4.90. The van der Waals surface area contributed by atoms with Crippen LogP contribution in [0, 0.1) is 5.82 Å². The van der Waals surface area contributed by atoms with E-state index in [2.05, 4.69) is 37.7 Å². The molecule has 1 aromatic heterocycles. The van der Waals surface area contributed by atoms with Crippen LogP contribution in [0.3, 0.4) is 0 Å². The second-order valence-corrected chi connectivity index (χ2v) is 5.23. The molecule has 0 aliphatic carbocycles. The summed E-state index contributed by atoms with van der Waals surface area (Å²) >= 11 is 0. The smallest absolute Gasteiger partial charge is 0.137 e. The fourth-order valence-corrected chi connectivity index (χ4v) is 2.00. The molecule has 0 saturated heterocycles. The SMILES string of the molecule is CC(C)c1cnc(-c2cc(F)ccc2C(C)C)[nH]1. The first-order valence-corrected chi connectivity index (χ1v) is 6.33. The molecule has 0 aliphatic heterocycles. The van der Waals surface area contributed by atoms with Crippen LogP contribution in [0.15, 0.2) is 24.4 Å². The topological polar surface area (TPSA) is 28.7 Å². The molecule has 0 bridgehead atoms. The third-order valence-corrected chi connectivity index (χ3v) is 3.11. The van der Waals surface area contributed by atoms with Crippen molar-refractivity contribution in [3.05, 3.63) is 41.5 Å². The Kier molecular flexibility index (Phi) is 3.50. The molecule has 2 aromatic rings. The molecular weight excluding hydrogens is 227 g/mol. The van der Waals surface area contributed by atoms with E-state index in [-0.39, 0.29) is 5.82 Å². The molecule has 0 radical (unpaired) electrons. The van der Waals surface area contributed by atoms with E-state index in [9.17, 15) is 4.39 Å². The molecule has 0 saturated carbocycles. The number of aromatic amines is 1. The van der Waals surface area contributed by atoms with E-state index in [4.69, 9.17) is 0 Å². The van der Waals surface area contributed by atoms with Crippen molar-refractivity contribution in [1.82, 2.24) is 9.97 Å². The number of nitrogens with zero attached hydrogens (tertiary/aromatic N) is 1. The molecule has 2 nitrogen and oxygen atoms in total. The number of hydrogen-bond acceptors (Lipinski definition) is 1. The summed E-state index contributed by atoms with van der Waals surface area (Å²) in [6.45, 7) is 8.41. The van der Waals surface area contributed by atoms with Gasteiger partial charge >= 0.3 is 0 Å². The van der Waals surface area contributed by atoms with Crippen LogP contribution in [0.2, 0.25) is 0 Å². The number of halogens is 1. The van der Waals surface area contributed by atoms with Crippen molar-refractivity contribution in [2.75, 3.05) is 0 Å². The second kappa shape index (κ2) is 4.92. The summed E-state index contributed by atoms with van der Waals surface area (Å²) < 4.78 is 13.4. The second-order valence-electron chi connectivity index (χ2n) is 5.23. The van der Waals surface area contributed by atoms with Gasteiger partial charge in [0.1, 0.15) is 11.6 Å². The van der Waals surface area contributed by atoms with Gasteiger partial charge in [-0.15, -0.1) is 0 Å². The summed E-state index contributed by atoms with van der Waals surface area (Å²) in [4.78, 5) is 7.64. The van der Waals surface area contributed by atoms with Crippen LogP contribution >= 0.6 is 0 Å². The molecule has 1 heterocycles. The van der Waals surface area contributed by atoms with Gasteiger partial charge in [-0.1, -0.05) is 33.8 Å².